The Balaban J connectivity index is 1.81. The van der Waals surface area contributed by atoms with Crippen molar-refractivity contribution in [3.63, 3.8) is 0 Å². The standard InChI is InChI=1S/C24H28N4O4Si/c1-32-19-9-5-17(6-10-19)23(27-21(29)15-28-16-25-14-13-22(28)30)24(31)26-18-7-11-20(12-8-18)33(2,3)4/h5-14,16,23H,15H2,1-4H3,(H,26,31)(H,27,29). The molecule has 0 spiro atoms. The van der Waals surface area contributed by atoms with Crippen LogP contribution in [-0.4, -0.2) is 36.5 Å². The molecule has 0 aliphatic carbocycles. The molecule has 3 aromatic rings. The molecule has 0 saturated carbocycles. The number of nitrogens with zero attached hydrogens (tertiary/aromatic N) is 2. The van der Waals surface area contributed by atoms with E-state index in [0.717, 1.165) is 0 Å². The van der Waals surface area contributed by atoms with Crippen molar-refractivity contribution >= 4 is 30.8 Å². The number of benzene rings is 2. The number of hydrogen-bond acceptors (Lipinski definition) is 5. The highest BCUT2D eigenvalue weighted by molar-refractivity contribution is 6.88. The summed E-state index contributed by atoms with van der Waals surface area (Å²) < 4.78 is 6.36. The Hall–Kier alpha value is -3.72. The van der Waals surface area contributed by atoms with Crippen molar-refractivity contribution in [3.8, 4) is 5.75 Å². The summed E-state index contributed by atoms with van der Waals surface area (Å²) in [6.45, 7) is 6.51. The number of hydrogen-bond donors (Lipinski definition) is 2. The maximum absolute atomic E-state index is 13.2. The van der Waals surface area contributed by atoms with Gasteiger partial charge in [0.05, 0.1) is 21.5 Å². The molecule has 0 aliphatic rings. The smallest absolute Gasteiger partial charge is 0.253 e. The Kier molecular flexibility index (Phi) is 7.44. The number of anilines is 1. The van der Waals surface area contributed by atoms with Gasteiger partial charge in [-0.3, -0.25) is 19.0 Å². The average molecular weight is 465 g/mol. The van der Waals surface area contributed by atoms with Crippen molar-refractivity contribution in [1.82, 2.24) is 14.9 Å². The van der Waals surface area contributed by atoms with Crippen LogP contribution in [0.4, 0.5) is 5.69 Å². The summed E-state index contributed by atoms with van der Waals surface area (Å²) >= 11 is 0. The van der Waals surface area contributed by atoms with Crippen molar-refractivity contribution < 1.29 is 14.3 Å². The SMILES string of the molecule is COc1ccc(C(NC(=O)Cn2cnccc2=O)C(=O)Nc2ccc([Si](C)(C)C)cc2)cc1. The van der Waals surface area contributed by atoms with E-state index in [0.29, 0.717) is 17.0 Å². The minimum absolute atomic E-state index is 0.252. The van der Waals surface area contributed by atoms with Crippen LogP contribution in [0.5, 0.6) is 5.75 Å². The van der Waals surface area contributed by atoms with Crippen molar-refractivity contribution in [3.05, 3.63) is 83.0 Å². The summed E-state index contributed by atoms with van der Waals surface area (Å²) in [6, 6.07) is 15.0. The zero-order chi connectivity index (χ0) is 24.0. The third kappa shape index (κ3) is 6.39. The Bertz CT molecular complexity index is 1170. The lowest BCUT2D eigenvalue weighted by Crippen LogP contribution is -2.40. The van der Waals surface area contributed by atoms with Crippen LogP contribution in [0.15, 0.2) is 71.9 Å². The molecule has 3 rings (SSSR count). The summed E-state index contributed by atoms with van der Waals surface area (Å²) in [7, 11) is 0.0944. The van der Waals surface area contributed by atoms with E-state index in [2.05, 4.69) is 35.3 Å². The number of amides is 2. The molecule has 1 heterocycles. The highest BCUT2D eigenvalue weighted by atomic mass is 28.3. The summed E-state index contributed by atoms with van der Waals surface area (Å²) in [5.41, 5.74) is 0.866. The van der Waals surface area contributed by atoms with Gasteiger partial charge in [-0.2, -0.15) is 0 Å². The monoisotopic (exact) mass is 464 g/mol. The van der Waals surface area contributed by atoms with Gasteiger partial charge in [-0.25, -0.2) is 4.98 Å². The highest BCUT2D eigenvalue weighted by Gasteiger charge is 2.24. The Morgan fingerprint density at radius 3 is 2.27 bits per heavy atom. The molecule has 1 aromatic heterocycles. The highest BCUT2D eigenvalue weighted by Crippen LogP contribution is 2.20. The van der Waals surface area contributed by atoms with E-state index in [1.165, 1.54) is 28.3 Å². The average Bonchev–Trinajstić information content (AvgIpc) is 2.79. The summed E-state index contributed by atoms with van der Waals surface area (Å²) in [4.78, 5) is 41.6. The van der Waals surface area contributed by atoms with E-state index in [4.69, 9.17) is 4.74 Å². The van der Waals surface area contributed by atoms with Crippen LogP contribution < -0.4 is 26.1 Å². The first-order valence-corrected chi connectivity index (χ1v) is 14.0. The van der Waals surface area contributed by atoms with Crippen molar-refractivity contribution in [2.75, 3.05) is 12.4 Å². The largest absolute Gasteiger partial charge is 0.497 e. The topological polar surface area (TPSA) is 102 Å². The lowest BCUT2D eigenvalue weighted by atomic mass is 10.1. The second-order valence-electron chi connectivity index (χ2n) is 8.64. The van der Waals surface area contributed by atoms with E-state index >= 15 is 0 Å². The number of ether oxygens (including phenoxy) is 1. The third-order valence-electron chi connectivity index (χ3n) is 5.14. The van der Waals surface area contributed by atoms with Gasteiger partial charge in [0.25, 0.3) is 11.5 Å². The molecule has 0 bridgehead atoms. The van der Waals surface area contributed by atoms with E-state index in [1.807, 2.05) is 24.3 Å². The van der Waals surface area contributed by atoms with Gasteiger partial charge in [-0.1, -0.05) is 49.1 Å². The fourth-order valence-corrected chi connectivity index (χ4v) is 4.39. The zero-order valence-corrected chi connectivity index (χ0v) is 20.2. The molecule has 0 aliphatic heterocycles. The first-order chi connectivity index (χ1) is 15.7. The predicted octanol–water partition coefficient (Wildman–Crippen LogP) is 2.29. The molecule has 1 unspecified atom stereocenters. The fraction of sp³-hybridized carbons (Fsp3) is 0.250. The van der Waals surface area contributed by atoms with E-state index < -0.39 is 25.9 Å². The Morgan fingerprint density at radius 2 is 1.70 bits per heavy atom. The third-order valence-corrected chi connectivity index (χ3v) is 7.21. The first-order valence-electron chi connectivity index (χ1n) is 10.5. The van der Waals surface area contributed by atoms with Gasteiger partial charge in [0.2, 0.25) is 5.91 Å². The van der Waals surface area contributed by atoms with Crippen LogP contribution >= 0.6 is 0 Å². The van der Waals surface area contributed by atoms with Gasteiger partial charge in [0, 0.05) is 18.0 Å². The van der Waals surface area contributed by atoms with Gasteiger partial charge >= 0.3 is 0 Å². The van der Waals surface area contributed by atoms with Crippen molar-refractivity contribution in [1.29, 1.82) is 0 Å². The van der Waals surface area contributed by atoms with Gasteiger partial charge in [0.1, 0.15) is 18.3 Å². The van der Waals surface area contributed by atoms with Crippen LogP contribution in [0.3, 0.4) is 0 Å². The number of methoxy groups -OCH3 is 1. The number of carbonyl (C=O) groups is 2. The maximum Gasteiger partial charge on any atom is 0.253 e. The summed E-state index contributed by atoms with van der Waals surface area (Å²) in [5.74, 6) is -0.254. The number of nitrogens with one attached hydrogen (secondary N) is 2. The molecule has 9 heteroatoms. The number of rotatable bonds is 8. The zero-order valence-electron chi connectivity index (χ0n) is 19.2. The second kappa shape index (κ2) is 10.3. The Morgan fingerprint density at radius 1 is 1.03 bits per heavy atom. The lowest BCUT2D eigenvalue weighted by molar-refractivity contribution is -0.127. The molecule has 0 saturated heterocycles. The molecule has 172 valence electrons. The minimum Gasteiger partial charge on any atom is -0.497 e. The fourth-order valence-electron chi connectivity index (χ4n) is 3.22. The predicted molar refractivity (Wildman–Crippen MR) is 130 cm³/mol. The molecule has 2 N–H and O–H groups in total. The van der Waals surface area contributed by atoms with Gasteiger partial charge < -0.3 is 15.4 Å². The maximum atomic E-state index is 13.2. The molecule has 0 fully saturated rings. The van der Waals surface area contributed by atoms with Gasteiger partial charge in [-0.05, 0) is 29.8 Å². The van der Waals surface area contributed by atoms with Crippen LogP contribution in [0.2, 0.25) is 19.6 Å². The second-order valence-corrected chi connectivity index (χ2v) is 13.7. The minimum atomic E-state index is -1.46. The molecule has 8 nitrogen and oxygen atoms in total. The Labute approximate surface area is 193 Å². The van der Waals surface area contributed by atoms with Crippen LogP contribution in [0.1, 0.15) is 11.6 Å². The van der Waals surface area contributed by atoms with Crippen LogP contribution in [-0.2, 0) is 16.1 Å². The normalized spacial score (nSPS) is 12.0. The van der Waals surface area contributed by atoms with Gasteiger partial charge in [0.15, 0.2) is 0 Å². The number of carbonyl (C=O) groups excluding carboxylic acids is 2. The van der Waals surface area contributed by atoms with Crippen molar-refractivity contribution in [2.24, 2.45) is 0 Å². The molecule has 2 amide bonds. The molecular weight excluding hydrogens is 436 g/mol. The molecule has 0 radical (unpaired) electrons. The molecular formula is C24H28N4O4Si. The van der Waals surface area contributed by atoms with E-state index in [-0.39, 0.29) is 12.1 Å². The van der Waals surface area contributed by atoms with E-state index in [1.54, 1.807) is 31.4 Å². The van der Waals surface area contributed by atoms with Crippen LogP contribution in [0.25, 0.3) is 0 Å². The quantitative estimate of drug-likeness (QED) is 0.498. The summed E-state index contributed by atoms with van der Waals surface area (Å²) in [5, 5.41) is 6.89. The van der Waals surface area contributed by atoms with Crippen molar-refractivity contribution in [2.45, 2.75) is 32.2 Å². The summed E-state index contributed by atoms with van der Waals surface area (Å²) in [6.07, 6.45) is 2.64. The first kappa shape index (κ1) is 23.9. The van der Waals surface area contributed by atoms with E-state index in [9.17, 15) is 14.4 Å². The number of aromatic nitrogens is 2. The van der Waals surface area contributed by atoms with Crippen LogP contribution in [0, 0.1) is 0 Å². The molecule has 33 heavy (non-hydrogen) atoms. The van der Waals surface area contributed by atoms with Gasteiger partial charge in [-0.15, -0.1) is 0 Å². The molecule has 1 atom stereocenters. The molecule has 2 aromatic carbocycles. The lowest BCUT2D eigenvalue weighted by Gasteiger charge is -2.20.